The van der Waals surface area contributed by atoms with Crippen molar-refractivity contribution in [3.05, 3.63) is 314 Å². The van der Waals surface area contributed by atoms with Crippen molar-refractivity contribution in [1.29, 1.82) is 0 Å². The summed E-state index contributed by atoms with van der Waals surface area (Å²) in [6, 6.07) is 93.2. The van der Waals surface area contributed by atoms with Gasteiger partial charge >= 0.3 is 0 Å². The Bertz CT molecular complexity index is 5720. The fraction of sp³-hybridized carbons (Fsp3) is 0.379. The van der Waals surface area contributed by atoms with Crippen LogP contribution in [0.2, 0.25) is 5.02 Å². The van der Waals surface area contributed by atoms with Gasteiger partial charge < -0.3 is 33.1 Å². The molecule has 7 heteroatoms. The van der Waals surface area contributed by atoms with E-state index in [2.05, 4.69) is 484 Å². The Morgan fingerprint density at radius 3 is 1.02 bits per heavy atom. The molecular weight excluding hydrogens is 1530 g/mol. The Morgan fingerprint density at radius 1 is 0.252 bits per heavy atom. The monoisotopic (exact) mass is 1670 g/mol. The lowest BCUT2D eigenvalue weighted by Gasteiger charge is -2.45. The lowest BCUT2D eigenvalue weighted by atomic mass is 9.33. The standard InChI is InChI=1S/C57H67BN2.C57H69ClN2.2CH4.H2S/c1-36-31-50-52-51(32-36)60(47-29-24-40(55(8,9)10)33-44(47)37-17-19-38(20-18-37)53(2,3)4)49-35-42(57(14,15)16)23-28-45(49)58(52)46-34-41(56(11,12)13)25-30-48(46)59(50)43-26-21-39(22-27-43)54(5,6)7;1-38-34-50(59(45-29-24-41(25-30-45)54(5,6)7)46-31-26-42(27-32-46)55(8,9)10)52(58)51(35-38)60(47-19-17-18-43(36-47)56(11,12)13)49-33-28-44(57(14,15)16)37-48(49)39-20-22-40(23-21-39)53(2,3)4;;;/h17-35H,1-16H3;17-37H,1-16H3;2*1H4;1H2/p-1. The zero-order valence-corrected chi connectivity index (χ0v) is 80.9. The number of hydrogen-bond donors (Lipinski definition) is 0. The lowest BCUT2D eigenvalue weighted by Crippen LogP contribution is -2.61. The van der Waals surface area contributed by atoms with Crippen molar-refractivity contribution in [2.45, 2.75) is 291 Å². The molecule has 14 rings (SSSR count). The number of halogens is 1. The molecule has 12 aromatic carbocycles. The maximum absolute atomic E-state index is 8.00. The zero-order chi connectivity index (χ0) is 87.6. The molecule has 2 aliphatic rings. The topological polar surface area (TPSA) is 13.0 Å². The summed E-state index contributed by atoms with van der Waals surface area (Å²) in [5.41, 5.74) is 38.1. The number of hydrogen-bond acceptors (Lipinski definition) is 5. The van der Waals surface area contributed by atoms with E-state index < -0.39 is 0 Å². The molecule has 0 N–H and O–H groups in total. The first-order valence-corrected chi connectivity index (χ1v) is 44.3. The van der Waals surface area contributed by atoms with E-state index in [-0.39, 0.29) is 89.2 Å². The predicted octanol–water partition coefficient (Wildman–Crippen LogP) is 33.0. The van der Waals surface area contributed by atoms with Gasteiger partial charge in [0.2, 0.25) is 0 Å². The van der Waals surface area contributed by atoms with Crippen LogP contribution in [0, 0.1) is 13.8 Å². The first-order valence-electron chi connectivity index (χ1n) is 43.9. The van der Waals surface area contributed by atoms with Gasteiger partial charge in [-0.2, -0.15) is 0 Å². The zero-order valence-electron chi connectivity index (χ0n) is 79.3. The van der Waals surface area contributed by atoms with Crippen LogP contribution >= 0.6 is 11.6 Å². The number of thiol groups is 1. The summed E-state index contributed by atoms with van der Waals surface area (Å²) in [4.78, 5) is 9.91. The Labute approximate surface area is 757 Å². The molecule has 4 nitrogen and oxygen atoms in total. The molecule has 0 fully saturated rings. The second-order valence-electron chi connectivity index (χ2n) is 45.0. The molecule has 0 radical (unpaired) electrons. The maximum Gasteiger partial charge on any atom is 0.252 e. The van der Waals surface area contributed by atoms with Crippen LogP contribution < -0.4 is 36.0 Å². The molecule has 0 unspecified atom stereocenters. The molecule has 0 saturated heterocycles. The Kier molecular flexibility index (Phi) is 26.8. The molecular formula is C116H145BClN4S-. The maximum atomic E-state index is 8.00. The molecule has 0 aromatic heterocycles. The van der Waals surface area contributed by atoms with E-state index in [1.165, 1.54) is 128 Å². The largest absolute Gasteiger partial charge is 0.813 e. The van der Waals surface area contributed by atoms with Crippen molar-refractivity contribution in [1.82, 2.24) is 0 Å². The van der Waals surface area contributed by atoms with Crippen LogP contribution in [0.15, 0.2) is 243 Å². The van der Waals surface area contributed by atoms with E-state index in [4.69, 9.17) is 11.6 Å². The molecule has 0 spiro atoms. The molecule has 2 aliphatic heterocycles. The number of anilines is 12. The quantitative estimate of drug-likeness (QED) is 0.0767. The third-order valence-electron chi connectivity index (χ3n) is 24.9. The van der Waals surface area contributed by atoms with Gasteiger partial charge in [-0.15, -0.1) is 0 Å². The second-order valence-corrected chi connectivity index (χ2v) is 45.3. The molecule has 123 heavy (non-hydrogen) atoms. The van der Waals surface area contributed by atoms with Gasteiger partial charge in [0.25, 0.3) is 6.71 Å². The smallest absolute Gasteiger partial charge is 0.252 e. The fourth-order valence-electron chi connectivity index (χ4n) is 17.1. The van der Waals surface area contributed by atoms with Crippen LogP contribution in [0.25, 0.3) is 22.3 Å². The SMILES string of the molecule is C.C.Cc1cc(N(c2ccc(C(C)(C)C)cc2)c2ccc(C(C)(C)C)cc2)c(Cl)c(N(c2cccc(C(C)(C)C)c2)c2ccc(C(C)(C)C)cc2-c2ccc(C(C)(C)C)cc2)c1.Cc1cc2c3c(c1)N(c1ccc(C(C)(C)C)cc1-c1ccc(C(C)(C)C)cc1)c1cc(C(C)(C)C)ccc1B3c1cc(C(C)(C)C)ccc1N2c1ccc(C(C)(C)C)cc1.[SH-]. The summed E-state index contributed by atoms with van der Waals surface area (Å²) in [7, 11) is 0. The molecule has 0 saturated carbocycles. The predicted molar refractivity (Wildman–Crippen MR) is 551 cm³/mol. The average molecular weight is 1670 g/mol. The summed E-state index contributed by atoms with van der Waals surface area (Å²) in [5.74, 6) is 0. The van der Waals surface area contributed by atoms with Crippen molar-refractivity contribution in [2.75, 3.05) is 19.6 Å². The Morgan fingerprint density at radius 2 is 0.585 bits per heavy atom. The van der Waals surface area contributed by atoms with Crippen LogP contribution in [-0.4, -0.2) is 6.71 Å². The van der Waals surface area contributed by atoms with Crippen molar-refractivity contribution in [3.8, 4) is 22.3 Å². The van der Waals surface area contributed by atoms with Gasteiger partial charge in [-0.3, -0.25) is 0 Å². The van der Waals surface area contributed by atoms with Gasteiger partial charge in [-0.05, 0) is 271 Å². The fourth-order valence-corrected chi connectivity index (χ4v) is 17.4. The summed E-state index contributed by atoms with van der Waals surface area (Å²) < 4.78 is 0. The number of aryl methyl sites for hydroxylation is 2. The average Bonchev–Trinajstić information content (AvgIpc) is 0.692. The van der Waals surface area contributed by atoms with Crippen LogP contribution in [0.1, 0.15) is 289 Å². The number of nitrogens with zero attached hydrogens (tertiary/aromatic N) is 4. The number of benzene rings is 12. The highest BCUT2D eigenvalue weighted by Crippen LogP contribution is 2.54. The Hall–Kier alpha value is -9.46. The minimum absolute atomic E-state index is 0. The third-order valence-corrected chi connectivity index (χ3v) is 25.3. The highest BCUT2D eigenvalue weighted by molar-refractivity contribution is 7.37. The minimum Gasteiger partial charge on any atom is -0.813 e. The van der Waals surface area contributed by atoms with E-state index in [0.717, 1.165) is 45.3 Å². The van der Waals surface area contributed by atoms with Crippen molar-refractivity contribution >= 4 is 116 Å². The first-order chi connectivity index (χ1) is 55.5. The van der Waals surface area contributed by atoms with E-state index >= 15 is 0 Å². The summed E-state index contributed by atoms with van der Waals surface area (Å²) in [5, 5.41) is 0.676. The molecule has 0 aliphatic carbocycles. The molecule has 12 aromatic rings. The summed E-state index contributed by atoms with van der Waals surface area (Å²) in [6.45, 7) is 73.4. The van der Waals surface area contributed by atoms with Gasteiger partial charge in [0, 0.05) is 56.6 Å². The van der Waals surface area contributed by atoms with Gasteiger partial charge in [-0.1, -0.05) is 368 Å². The molecule has 2 heterocycles. The van der Waals surface area contributed by atoms with Crippen molar-refractivity contribution in [2.24, 2.45) is 0 Å². The highest BCUT2D eigenvalue weighted by Gasteiger charge is 2.45. The third kappa shape index (κ3) is 20.0. The van der Waals surface area contributed by atoms with E-state index in [9.17, 15) is 0 Å². The van der Waals surface area contributed by atoms with Crippen LogP contribution in [0.3, 0.4) is 0 Å². The highest BCUT2D eigenvalue weighted by atomic mass is 35.5. The van der Waals surface area contributed by atoms with Crippen molar-refractivity contribution in [3.63, 3.8) is 0 Å². The molecule has 0 amide bonds. The van der Waals surface area contributed by atoms with Crippen LogP contribution in [0.5, 0.6) is 0 Å². The molecule has 646 valence electrons. The first kappa shape index (κ1) is 95.8. The van der Waals surface area contributed by atoms with Gasteiger partial charge in [0.15, 0.2) is 0 Å². The summed E-state index contributed by atoms with van der Waals surface area (Å²) in [6.07, 6.45) is 0. The van der Waals surface area contributed by atoms with E-state index in [1.54, 1.807) is 0 Å². The van der Waals surface area contributed by atoms with Gasteiger partial charge in [0.1, 0.15) is 0 Å². The minimum atomic E-state index is -0.0554. The molecule has 0 atom stereocenters. The van der Waals surface area contributed by atoms with E-state index in [0.29, 0.717) is 5.02 Å². The normalized spacial score (nSPS) is 13.2. The molecule has 0 bridgehead atoms. The van der Waals surface area contributed by atoms with Gasteiger partial charge in [-0.25, -0.2) is 0 Å². The number of fused-ring (bicyclic) bond motifs is 4. The Balaban J connectivity index is 0.000000251. The number of rotatable bonds is 10. The van der Waals surface area contributed by atoms with Crippen molar-refractivity contribution < 1.29 is 0 Å². The van der Waals surface area contributed by atoms with Crippen LogP contribution in [-0.2, 0) is 67.6 Å². The summed E-state index contributed by atoms with van der Waals surface area (Å²) >= 11 is 8.00. The van der Waals surface area contributed by atoms with Crippen LogP contribution in [0.4, 0.5) is 68.2 Å². The van der Waals surface area contributed by atoms with E-state index in [1.807, 2.05) is 0 Å². The van der Waals surface area contributed by atoms with Gasteiger partial charge in [0.05, 0.1) is 27.8 Å². The second kappa shape index (κ2) is 34.5. The lowest BCUT2D eigenvalue weighted by molar-refractivity contribution is 0.589.